The van der Waals surface area contributed by atoms with Gasteiger partial charge in [0.25, 0.3) is 5.91 Å². The summed E-state index contributed by atoms with van der Waals surface area (Å²) in [6.45, 7) is 1.91. The first kappa shape index (κ1) is 14.1. The summed E-state index contributed by atoms with van der Waals surface area (Å²) in [6, 6.07) is 7.30. The van der Waals surface area contributed by atoms with Crippen molar-refractivity contribution in [3.8, 4) is 11.4 Å². The molecule has 4 aromatic rings. The van der Waals surface area contributed by atoms with Gasteiger partial charge in [0.2, 0.25) is 12.2 Å². The summed E-state index contributed by atoms with van der Waals surface area (Å²) >= 11 is 0. The van der Waals surface area contributed by atoms with Crippen LogP contribution in [0.2, 0.25) is 0 Å². The third kappa shape index (κ3) is 2.39. The Morgan fingerprint density at radius 1 is 1.25 bits per heavy atom. The smallest absolute Gasteiger partial charge is 0.274 e. The number of carbonyl (C=O) groups is 1. The van der Waals surface area contributed by atoms with Gasteiger partial charge in [0.15, 0.2) is 0 Å². The van der Waals surface area contributed by atoms with Crippen LogP contribution < -0.4 is 5.32 Å². The van der Waals surface area contributed by atoms with E-state index in [1.807, 2.05) is 19.1 Å². The Kier molecular flexibility index (Phi) is 3.27. The second kappa shape index (κ2) is 5.58. The number of anilines is 1. The van der Waals surface area contributed by atoms with Crippen LogP contribution in [-0.4, -0.2) is 30.4 Å². The minimum atomic E-state index is -0.274. The minimum Gasteiger partial charge on any atom is -0.342 e. The molecule has 8 heteroatoms. The van der Waals surface area contributed by atoms with Crippen LogP contribution in [0.15, 0.2) is 53.9 Å². The van der Waals surface area contributed by atoms with E-state index in [1.54, 1.807) is 29.1 Å². The van der Waals surface area contributed by atoms with Crippen LogP contribution in [0.25, 0.3) is 17.0 Å². The van der Waals surface area contributed by atoms with Crippen LogP contribution in [0.4, 0.5) is 5.69 Å². The lowest BCUT2D eigenvalue weighted by Crippen LogP contribution is -2.15. The Labute approximate surface area is 136 Å². The van der Waals surface area contributed by atoms with Crippen LogP contribution >= 0.6 is 0 Å². The van der Waals surface area contributed by atoms with Gasteiger partial charge in [0.1, 0.15) is 17.7 Å². The molecule has 0 spiro atoms. The van der Waals surface area contributed by atoms with Crippen molar-refractivity contribution in [2.45, 2.75) is 6.92 Å². The van der Waals surface area contributed by atoms with Crippen molar-refractivity contribution in [1.82, 2.24) is 24.5 Å². The highest BCUT2D eigenvalue weighted by atomic mass is 16.5. The number of fused-ring (bicyclic) bond motifs is 1. The van der Waals surface area contributed by atoms with Gasteiger partial charge in [-0.05, 0) is 24.6 Å². The minimum absolute atomic E-state index is 0.274. The molecular weight excluding hydrogens is 308 g/mol. The molecular formula is C16H12N6O2. The van der Waals surface area contributed by atoms with Crippen molar-refractivity contribution in [2.75, 3.05) is 5.32 Å². The summed E-state index contributed by atoms with van der Waals surface area (Å²) in [5, 5.41) is 6.70. The largest absolute Gasteiger partial charge is 0.342 e. The molecule has 1 N–H and O–H groups in total. The molecule has 0 atom stereocenters. The molecule has 0 saturated carbocycles. The first-order valence-electron chi connectivity index (χ1n) is 7.18. The van der Waals surface area contributed by atoms with Gasteiger partial charge in [-0.1, -0.05) is 17.3 Å². The van der Waals surface area contributed by atoms with E-state index in [1.165, 1.54) is 12.6 Å². The fraction of sp³-hybridized carbons (Fsp3) is 0.0625. The number of nitrogens with one attached hydrogen (secondary N) is 1. The van der Waals surface area contributed by atoms with E-state index in [9.17, 15) is 4.79 Å². The second-order valence-corrected chi connectivity index (χ2v) is 5.19. The summed E-state index contributed by atoms with van der Waals surface area (Å²) in [7, 11) is 0. The number of aromatic nitrogens is 5. The van der Waals surface area contributed by atoms with Gasteiger partial charge >= 0.3 is 0 Å². The van der Waals surface area contributed by atoms with Crippen molar-refractivity contribution in [3.63, 3.8) is 0 Å². The van der Waals surface area contributed by atoms with E-state index in [0.717, 1.165) is 11.1 Å². The molecule has 0 radical (unpaired) electrons. The number of imidazole rings is 1. The highest BCUT2D eigenvalue weighted by Crippen LogP contribution is 2.23. The molecule has 0 bridgehead atoms. The quantitative estimate of drug-likeness (QED) is 0.622. The maximum atomic E-state index is 12.6. The zero-order valence-electron chi connectivity index (χ0n) is 12.7. The highest BCUT2D eigenvalue weighted by molar-refractivity contribution is 6.04. The normalized spacial score (nSPS) is 10.9. The average Bonchev–Trinajstić information content (AvgIpc) is 3.26. The lowest BCUT2D eigenvalue weighted by atomic mass is 10.1. The van der Waals surface area contributed by atoms with Gasteiger partial charge in [-0.3, -0.25) is 9.20 Å². The molecule has 8 nitrogen and oxygen atoms in total. The molecule has 3 heterocycles. The maximum Gasteiger partial charge on any atom is 0.274 e. The number of hydrogen-bond donors (Lipinski definition) is 1. The monoisotopic (exact) mass is 320 g/mol. The van der Waals surface area contributed by atoms with Gasteiger partial charge in [0.05, 0.1) is 6.20 Å². The molecule has 0 saturated heterocycles. The summed E-state index contributed by atoms with van der Waals surface area (Å²) in [6.07, 6.45) is 5.96. The zero-order valence-corrected chi connectivity index (χ0v) is 12.7. The number of rotatable bonds is 3. The van der Waals surface area contributed by atoms with Gasteiger partial charge in [-0.25, -0.2) is 9.97 Å². The predicted molar refractivity (Wildman–Crippen MR) is 85.4 cm³/mol. The zero-order chi connectivity index (χ0) is 16.5. The predicted octanol–water partition coefficient (Wildman–Crippen LogP) is 2.34. The van der Waals surface area contributed by atoms with Gasteiger partial charge in [0, 0.05) is 17.4 Å². The molecule has 24 heavy (non-hydrogen) atoms. The van der Waals surface area contributed by atoms with Crippen molar-refractivity contribution >= 4 is 17.2 Å². The first-order valence-corrected chi connectivity index (χ1v) is 7.18. The lowest BCUT2D eigenvalue weighted by molar-refractivity contribution is 0.102. The highest BCUT2D eigenvalue weighted by Gasteiger charge is 2.14. The molecule has 1 aromatic carbocycles. The summed E-state index contributed by atoms with van der Waals surface area (Å²) < 4.78 is 6.39. The standard InChI is InChI=1S/C16H12N6O2/c1-10-2-3-11(15-19-9-24-21-15)6-12(10)20-16(23)13-7-18-14-4-5-17-8-22(13)14/h2-9H,1H3,(H,20,23). The molecule has 3 aromatic heterocycles. The summed E-state index contributed by atoms with van der Waals surface area (Å²) in [4.78, 5) is 24.8. The maximum absolute atomic E-state index is 12.6. The molecule has 0 unspecified atom stereocenters. The Hall–Kier alpha value is -3.55. The average molecular weight is 320 g/mol. The number of hydrogen-bond acceptors (Lipinski definition) is 6. The van der Waals surface area contributed by atoms with E-state index >= 15 is 0 Å². The summed E-state index contributed by atoms with van der Waals surface area (Å²) in [5.74, 6) is 0.188. The molecule has 0 aliphatic heterocycles. The number of nitrogens with zero attached hydrogens (tertiary/aromatic N) is 5. The van der Waals surface area contributed by atoms with Gasteiger partial charge < -0.3 is 9.84 Å². The Morgan fingerprint density at radius 3 is 3.00 bits per heavy atom. The van der Waals surface area contributed by atoms with Crippen molar-refractivity contribution in [2.24, 2.45) is 0 Å². The van der Waals surface area contributed by atoms with Crippen molar-refractivity contribution < 1.29 is 9.32 Å². The van der Waals surface area contributed by atoms with Gasteiger partial charge in [-0.2, -0.15) is 4.98 Å². The molecule has 0 aliphatic carbocycles. The van der Waals surface area contributed by atoms with Crippen LogP contribution in [0.1, 0.15) is 16.1 Å². The third-order valence-electron chi connectivity index (χ3n) is 3.66. The third-order valence-corrected chi connectivity index (χ3v) is 3.66. The summed E-state index contributed by atoms with van der Waals surface area (Å²) in [5.41, 5.74) is 3.41. The molecule has 0 fully saturated rings. The Bertz CT molecular complexity index is 1020. The fourth-order valence-corrected chi connectivity index (χ4v) is 2.38. The number of amides is 1. The Morgan fingerprint density at radius 2 is 2.17 bits per heavy atom. The lowest BCUT2D eigenvalue weighted by Gasteiger charge is -2.09. The van der Waals surface area contributed by atoms with Crippen molar-refractivity contribution in [3.05, 3.63) is 60.6 Å². The van der Waals surface area contributed by atoms with E-state index < -0.39 is 0 Å². The number of aryl methyl sites for hydroxylation is 1. The fourth-order valence-electron chi connectivity index (χ4n) is 2.38. The first-order chi connectivity index (χ1) is 11.7. The van der Waals surface area contributed by atoms with E-state index in [4.69, 9.17) is 4.52 Å². The van der Waals surface area contributed by atoms with E-state index in [2.05, 4.69) is 25.4 Å². The van der Waals surface area contributed by atoms with Crippen LogP contribution in [-0.2, 0) is 0 Å². The topological polar surface area (TPSA) is 98.2 Å². The van der Waals surface area contributed by atoms with Crippen molar-refractivity contribution in [1.29, 1.82) is 0 Å². The molecule has 0 aliphatic rings. The number of benzene rings is 1. The van der Waals surface area contributed by atoms with E-state index in [-0.39, 0.29) is 5.91 Å². The number of carbonyl (C=O) groups excluding carboxylic acids is 1. The Balaban J connectivity index is 1.67. The second-order valence-electron chi connectivity index (χ2n) is 5.19. The van der Waals surface area contributed by atoms with Crippen LogP contribution in [0.3, 0.4) is 0 Å². The molecule has 118 valence electrons. The molecule has 4 rings (SSSR count). The SMILES string of the molecule is Cc1ccc(-c2ncon2)cc1NC(=O)c1cnc2ccncn12. The van der Waals surface area contributed by atoms with Gasteiger partial charge in [-0.15, -0.1) is 0 Å². The molecule has 1 amide bonds. The van der Waals surface area contributed by atoms with Crippen LogP contribution in [0.5, 0.6) is 0 Å². The van der Waals surface area contributed by atoms with Crippen LogP contribution in [0, 0.1) is 6.92 Å². The van der Waals surface area contributed by atoms with E-state index in [0.29, 0.717) is 22.9 Å².